The molecule has 1 saturated heterocycles. The van der Waals surface area contributed by atoms with Crippen molar-refractivity contribution >= 4 is 40.1 Å². The Morgan fingerprint density at radius 1 is 1.27 bits per heavy atom. The number of nitrogens with two attached hydrogens (primary N) is 1. The lowest BCUT2D eigenvalue weighted by molar-refractivity contribution is -0.134. The monoisotopic (exact) mass is 569 g/mol. The van der Waals surface area contributed by atoms with Gasteiger partial charge in [0.25, 0.3) is 5.91 Å². The minimum Gasteiger partial charge on any atom is -0.490 e. The first-order valence-corrected chi connectivity index (χ1v) is 15.2. The maximum atomic E-state index is 15.2. The Bertz CT molecular complexity index is 1280. The van der Waals surface area contributed by atoms with Gasteiger partial charge >= 0.3 is 0 Å². The highest BCUT2D eigenvalue weighted by atomic mass is 32.2. The molecule has 2 fully saturated rings. The van der Waals surface area contributed by atoms with Crippen LogP contribution in [-0.4, -0.2) is 83.1 Å². The van der Waals surface area contributed by atoms with Crippen LogP contribution < -0.4 is 15.2 Å². The average molecular weight is 570 g/mol. The molecule has 1 aromatic heterocycles. The lowest BCUT2D eigenvalue weighted by Gasteiger charge is -2.34. The second-order valence-corrected chi connectivity index (χ2v) is 12.1. The first-order chi connectivity index (χ1) is 19.3. The highest BCUT2D eigenvalue weighted by molar-refractivity contribution is 8.14. The lowest BCUT2D eigenvalue weighted by atomic mass is 10.0. The number of amides is 2. The summed E-state index contributed by atoms with van der Waals surface area (Å²) < 4.78 is 26.7. The summed E-state index contributed by atoms with van der Waals surface area (Å²) >= 11 is 0. The zero-order chi connectivity index (χ0) is 28.6. The van der Waals surface area contributed by atoms with E-state index in [-0.39, 0.29) is 47.2 Å². The Kier molecular flexibility index (Phi) is 10.0. The predicted octanol–water partition coefficient (Wildman–Crippen LogP) is 3.76. The van der Waals surface area contributed by atoms with E-state index in [0.717, 1.165) is 24.2 Å². The van der Waals surface area contributed by atoms with Crippen molar-refractivity contribution in [1.29, 1.82) is 5.41 Å². The summed E-state index contributed by atoms with van der Waals surface area (Å²) in [5.74, 6) is -0.0776. The summed E-state index contributed by atoms with van der Waals surface area (Å²) in [5.41, 5.74) is 6.99. The molecular weight excluding hydrogens is 533 g/mol. The maximum absolute atomic E-state index is 15.2. The molecule has 0 spiro atoms. The number of nitrogens with one attached hydrogen (secondary N) is 1. The molecule has 2 amide bonds. The third-order valence-corrected chi connectivity index (χ3v) is 8.21. The number of likely N-dealkylation sites (tertiary alicyclic amines) is 1. The Morgan fingerprint density at radius 2 is 2.02 bits per heavy atom. The third kappa shape index (κ3) is 7.97. The van der Waals surface area contributed by atoms with Gasteiger partial charge in [-0.05, 0) is 55.3 Å². The molecule has 214 valence electrons. The second-order valence-electron chi connectivity index (χ2n) is 10.0. The van der Waals surface area contributed by atoms with Crippen LogP contribution in [0.1, 0.15) is 53.6 Å². The summed E-state index contributed by atoms with van der Waals surface area (Å²) in [6, 6.07) is 8.95. The standard InChI is InChI=1S/C29H36FN5O4S/c1-3-40(2)18-33-15-21(14-31)20-13-24(28(32)37)29(34-16-20)39-26-10-11-35(17-25(26)30)27(36)12-19-4-6-22(7-5-19)38-23-8-9-23/h3-7,13-16,21,23,25-26,31H,8-12,17-18H2,1-2H3,(H2,32,37). The molecule has 11 heteroatoms. The summed E-state index contributed by atoms with van der Waals surface area (Å²) in [5, 5.41) is 9.83. The fourth-order valence-electron chi connectivity index (χ4n) is 4.23. The van der Waals surface area contributed by atoms with E-state index in [1.807, 2.05) is 31.2 Å². The number of nitrogens with zero attached hydrogens (tertiary/aromatic N) is 3. The van der Waals surface area contributed by atoms with Gasteiger partial charge < -0.3 is 25.5 Å². The van der Waals surface area contributed by atoms with Crippen LogP contribution in [0.4, 0.5) is 4.39 Å². The van der Waals surface area contributed by atoms with E-state index < -0.39 is 24.1 Å². The molecule has 2 aliphatic rings. The largest absolute Gasteiger partial charge is 0.490 e. The number of aliphatic imine (C=N–C) groups is 1. The molecule has 40 heavy (non-hydrogen) atoms. The van der Waals surface area contributed by atoms with Crippen molar-refractivity contribution < 1.29 is 23.5 Å². The van der Waals surface area contributed by atoms with E-state index in [4.69, 9.17) is 20.6 Å². The third-order valence-electron chi connectivity index (χ3n) is 6.85. The molecule has 1 aromatic carbocycles. The first-order valence-electron chi connectivity index (χ1n) is 13.3. The zero-order valence-corrected chi connectivity index (χ0v) is 23.6. The van der Waals surface area contributed by atoms with Gasteiger partial charge in [-0.3, -0.25) is 14.6 Å². The molecule has 2 heterocycles. The summed E-state index contributed by atoms with van der Waals surface area (Å²) in [6.45, 7) is 2.18. The number of hydrogen-bond donors (Lipinski definition) is 2. The lowest BCUT2D eigenvalue weighted by Crippen LogP contribution is -2.49. The molecule has 3 N–H and O–H groups in total. The zero-order valence-electron chi connectivity index (χ0n) is 22.8. The van der Waals surface area contributed by atoms with Crippen molar-refractivity contribution in [2.75, 3.05) is 25.2 Å². The Morgan fingerprint density at radius 3 is 2.65 bits per heavy atom. The molecule has 9 nitrogen and oxygen atoms in total. The quantitative estimate of drug-likeness (QED) is 0.297. The minimum absolute atomic E-state index is 0.00898. The van der Waals surface area contributed by atoms with E-state index in [1.54, 1.807) is 6.21 Å². The topological polar surface area (TPSA) is 131 Å². The molecule has 1 saturated carbocycles. The van der Waals surface area contributed by atoms with Crippen molar-refractivity contribution in [3.63, 3.8) is 0 Å². The van der Waals surface area contributed by atoms with Crippen LogP contribution in [0.3, 0.4) is 0 Å². The maximum Gasteiger partial charge on any atom is 0.254 e. The summed E-state index contributed by atoms with van der Waals surface area (Å²) in [4.78, 5) is 35.2. The van der Waals surface area contributed by atoms with Crippen LogP contribution in [0.15, 0.2) is 41.5 Å². The minimum atomic E-state index is -1.46. The smallest absolute Gasteiger partial charge is 0.254 e. The predicted molar refractivity (Wildman–Crippen MR) is 157 cm³/mol. The van der Waals surface area contributed by atoms with Crippen LogP contribution in [0.2, 0.25) is 0 Å². The number of aromatic nitrogens is 1. The number of halogens is 1. The average Bonchev–Trinajstić information content (AvgIpc) is 3.77. The fourth-order valence-corrected chi connectivity index (χ4v) is 4.70. The fraction of sp³-hybridized carbons (Fsp3) is 0.448. The van der Waals surface area contributed by atoms with Crippen LogP contribution >= 0.6 is 10.5 Å². The van der Waals surface area contributed by atoms with Gasteiger partial charge in [0.15, 0.2) is 6.17 Å². The van der Waals surface area contributed by atoms with Crippen LogP contribution in [0.5, 0.6) is 11.6 Å². The number of primary amides is 1. The van der Waals surface area contributed by atoms with E-state index in [9.17, 15) is 9.59 Å². The molecule has 4 unspecified atom stereocenters. The molecule has 0 bridgehead atoms. The van der Waals surface area contributed by atoms with Gasteiger partial charge in [0.1, 0.15) is 17.4 Å². The highest BCUT2D eigenvalue weighted by Crippen LogP contribution is 2.28. The van der Waals surface area contributed by atoms with Crippen molar-refractivity contribution in [3.8, 4) is 11.6 Å². The van der Waals surface area contributed by atoms with Crippen molar-refractivity contribution in [1.82, 2.24) is 9.88 Å². The second kappa shape index (κ2) is 13.6. The van der Waals surface area contributed by atoms with E-state index in [2.05, 4.69) is 21.6 Å². The molecular formula is C29H36FN5O4S. The van der Waals surface area contributed by atoms with Gasteiger partial charge in [-0.1, -0.05) is 17.5 Å². The van der Waals surface area contributed by atoms with Gasteiger partial charge in [0.2, 0.25) is 11.8 Å². The van der Waals surface area contributed by atoms with Gasteiger partial charge in [0, 0.05) is 31.6 Å². The highest BCUT2D eigenvalue weighted by Gasteiger charge is 2.34. The van der Waals surface area contributed by atoms with Crippen LogP contribution in [-0.2, 0) is 11.2 Å². The van der Waals surface area contributed by atoms with Gasteiger partial charge in [-0.2, -0.15) is 10.5 Å². The van der Waals surface area contributed by atoms with Crippen LogP contribution in [0, 0.1) is 5.41 Å². The van der Waals surface area contributed by atoms with E-state index in [0.29, 0.717) is 24.1 Å². The molecule has 1 aliphatic heterocycles. The summed E-state index contributed by atoms with van der Waals surface area (Å²) in [7, 11) is 0.0352. The van der Waals surface area contributed by atoms with Crippen LogP contribution in [0.25, 0.3) is 0 Å². The normalized spacial score (nSPS) is 20.7. The van der Waals surface area contributed by atoms with Gasteiger partial charge in [-0.15, -0.1) is 0 Å². The molecule has 4 atom stereocenters. The molecule has 4 rings (SSSR count). The number of carbonyl (C=O) groups is 2. The number of rotatable bonds is 12. The number of benzene rings is 1. The van der Waals surface area contributed by atoms with E-state index >= 15 is 4.39 Å². The Hall–Kier alpha value is -3.60. The number of alkyl halides is 1. The van der Waals surface area contributed by atoms with Crippen molar-refractivity contribution in [3.05, 3.63) is 53.2 Å². The molecule has 1 aliphatic carbocycles. The van der Waals surface area contributed by atoms with Crippen molar-refractivity contribution in [2.24, 2.45) is 10.7 Å². The number of ether oxygens (including phenoxy) is 2. The van der Waals surface area contributed by atoms with Gasteiger partial charge in [0.05, 0.1) is 30.9 Å². The van der Waals surface area contributed by atoms with Gasteiger partial charge in [-0.25, -0.2) is 9.37 Å². The Labute approximate surface area is 236 Å². The number of piperidine rings is 1. The van der Waals surface area contributed by atoms with E-state index in [1.165, 1.54) is 23.4 Å². The number of hydrogen-bond acceptors (Lipinski definition) is 7. The first kappa shape index (κ1) is 29.4. The summed E-state index contributed by atoms with van der Waals surface area (Å²) in [6.07, 6.45) is 6.92. The van der Waals surface area contributed by atoms with Crippen molar-refractivity contribution in [2.45, 2.75) is 56.9 Å². The Balaban J connectivity index is 1.35. The number of carbonyl (C=O) groups excluding carboxylic acids is 2. The number of pyridine rings is 1. The molecule has 0 radical (unpaired) electrons. The SMILES string of the molecule is CC=S(C)CN=CC(C=N)c1cnc(OC2CCN(C(=O)Cc3ccc(OC4CC4)cc3)CC2F)c(C(N)=O)c1. The molecule has 2 aromatic rings.